The lowest BCUT2D eigenvalue weighted by Crippen LogP contribution is -2.52. The normalized spacial score (nSPS) is 14.9. The number of hydrogen-bond acceptors (Lipinski definition) is 6. The summed E-state index contributed by atoms with van der Waals surface area (Å²) in [5.74, 6) is -0.00533. The molecule has 0 aromatic carbocycles. The molecular formula is C15H19N5O3S. The fraction of sp³-hybridized carbons (Fsp3) is 0.467. The zero-order valence-electron chi connectivity index (χ0n) is 13.4. The van der Waals surface area contributed by atoms with Crippen molar-refractivity contribution in [2.75, 3.05) is 37.6 Å². The highest BCUT2D eigenvalue weighted by molar-refractivity contribution is 7.18. The van der Waals surface area contributed by atoms with E-state index >= 15 is 0 Å². The summed E-state index contributed by atoms with van der Waals surface area (Å²) in [6.45, 7) is 4.73. The Morgan fingerprint density at radius 3 is 2.75 bits per heavy atom. The predicted molar refractivity (Wildman–Crippen MR) is 91.6 cm³/mol. The lowest BCUT2D eigenvalue weighted by Gasteiger charge is -2.35. The van der Waals surface area contributed by atoms with Crippen molar-refractivity contribution in [3.8, 4) is 0 Å². The number of aliphatic carboxylic acids is 1. The van der Waals surface area contributed by atoms with Gasteiger partial charge in [0.2, 0.25) is 0 Å². The van der Waals surface area contributed by atoms with Gasteiger partial charge in [-0.05, 0) is 13.0 Å². The van der Waals surface area contributed by atoms with Crippen LogP contribution in [0.3, 0.4) is 0 Å². The molecule has 2 N–H and O–H groups in total. The van der Waals surface area contributed by atoms with Crippen LogP contribution in [0.4, 0.5) is 10.6 Å². The average Bonchev–Trinajstić information content (AvgIpc) is 2.94. The SMILES string of the molecule is Cc1cc2c(N3CCN(C(=O)NCCC(=O)O)CC3)ncnc2s1. The summed E-state index contributed by atoms with van der Waals surface area (Å²) in [5, 5.41) is 12.3. The Kier molecular flexibility index (Phi) is 4.79. The number of carbonyl (C=O) groups is 2. The van der Waals surface area contributed by atoms with Crippen LogP contribution in [-0.2, 0) is 4.79 Å². The Balaban J connectivity index is 1.60. The number of aryl methyl sites for hydroxylation is 1. The van der Waals surface area contributed by atoms with E-state index in [1.165, 1.54) is 4.88 Å². The number of anilines is 1. The molecule has 0 saturated carbocycles. The van der Waals surface area contributed by atoms with E-state index in [1.807, 2.05) is 0 Å². The Labute approximate surface area is 143 Å². The van der Waals surface area contributed by atoms with E-state index < -0.39 is 5.97 Å². The van der Waals surface area contributed by atoms with Crippen LogP contribution in [0.25, 0.3) is 10.2 Å². The second-order valence-electron chi connectivity index (χ2n) is 5.62. The van der Waals surface area contributed by atoms with E-state index in [2.05, 4.69) is 33.2 Å². The van der Waals surface area contributed by atoms with Crippen molar-refractivity contribution in [1.82, 2.24) is 20.2 Å². The second kappa shape index (κ2) is 7.00. The lowest BCUT2D eigenvalue weighted by molar-refractivity contribution is -0.136. The number of piperazine rings is 1. The number of rotatable bonds is 4. The third-order valence-corrected chi connectivity index (χ3v) is 4.87. The number of aromatic nitrogens is 2. The monoisotopic (exact) mass is 349 g/mol. The third-order valence-electron chi connectivity index (χ3n) is 3.91. The van der Waals surface area contributed by atoms with Crippen molar-refractivity contribution in [2.45, 2.75) is 13.3 Å². The summed E-state index contributed by atoms with van der Waals surface area (Å²) in [4.78, 5) is 37.3. The van der Waals surface area contributed by atoms with Gasteiger partial charge >= 0.3 is 12.0 Å². The standard InChI is InChI=1S/C15H19N5O3S/c1-10-8-11-13(17-9-18-14(11)24-10)19-4-6-20(7-5-19)15(23)16-3-2-12(21)22/h8-9H,2-7H2,1H3,(H,16,23)(H,21,22). The van der Waals surface area contributed by atoms with Crippen LogP contribution >= 0.6 is 11.3 Å². The van der Waals surface area contributed by atoms with Crippen molar-refractivity contribution < 1.29 is 14.7 Å². The summed E-state index contributed by atoms with van der Waals surface area (Å²) in [7, 11) is 0. The fourth-order valence-corrected chi connectivity index (χ4v) is 3.57. The van der Waals surface area contributed by atoms with Crippen molar-refractivity contribution in [3.63, 3.8) is 0 Å². The lowest BCUT2D eigenvalue weighted by atomic mass is 10.2. The molecule has 8 nitrogen and oxygen atoms in total. The largest absolute Gasteiger partial charge is 0.481 e. The molecule has 3 heterocycles. The number of thiophene rings is 1. The van der Waals surface area contributed by atoms with Crippen LogP contribution in [0, 0.1) is 6.92 Å². The predicted octanol–water partition coefficient (Wildman–Crippen LogP) is 1.31. The highest BCUT2D eigenvalue weighted by Crippen LogP contribution is 2.30. The van der Waals surface area contributed by atoms with E-state index in [0.29, 0.717) is 26.2 Å². The summed E-state index contributed by atoms with van der Waals surface area (Å²) >= 11 is 1.65. The Bertz CT molecular complexity index is 755. The minimum absolute atomic E-state index is 0.0673. The molecule has 0 atom stereocenters. The van der Waals surface area contributed by atoms with Crippen LogP contribution in [0.1, 0.15) is 11.3 Å². The number of hydrogen-bond donors (Lipinski definition) is 2. The first-order chi connectivity index (χ1) is 11.5. The van der Waals surface area contributed by atoms with Crippen LogP contribution in [0.5, 0.6) is 0 Å². The van der Waals surface area contributed by atoms with Crippen molar-refractivity contribution >= 4 is 39.4 Å². The van der Waals surface area contributed by atoms with E-state index in [4.69, 9.17) is 5.11 Å². The van der Waals surface area contributed by atoms with Crippen LogP contribution in [-0.4, -0.2) is 64.7 Å². The number of nitrogens with zero attached hydrogens (tertiary/aromatic N) is 4. The second-order valence-corrected chi connectivity index (χ2v) is 6.86. The van der Waals surface area contributed by atoms with Crippen molar-refractivity contribution in [2.24, 2.45) is 0 Å². The maximum Gasteiger partial charge on any atom is 0.317 e. The molecule has 0 radical (unpaired) electrons. The maximum atomic E-state index is 12.0. The number of amides is 2. The number of urea groups is 1. The number of carboxylic acids is 1. The van der Waals surface area contributed by atoms with Gasteiger partial charge < -0.3 is 20.2 Å². The van der Waals surface area contributed by atoms with E-state index in [9.17, 15) is 9.59 Å². The molecule has 2 amide bonds. The third kappa shape index (κ3) is 3.56. The van der Waals surface area contributed by atoms with Crippen LogP contribution in [0.2, 0.25) is 0 Å². The van der Waals surface area contributed by atoms with Gasteiger partial charge in [-0.1, -0.05) is 0 Å². The number of nitrogens with one attached hydrogen (secondary N) is 1. The van der Waals surface area contributed by atoms with E-state index in [-0.39, 0.29) is 19.0 Å². The molecule has 1 aliphatic rings. The molecule has 0 bridgehead atoms. The molecule has 24 heavy (non-hydrogen) atoms. The number of fused-ring (bicyclic) bond motifs is 1. The van der Waals surface area contributed by atoms with Gasteiger partial charge in [0.25, 0.3) is 0 Å². The highest BCUT2D eigenvalue weighted by Gasteiger charge is 2.23. The van der Waals surface area contributed by atoms with E-state index in [1.54, 1.807) is 22.6 Å². The van der Waals surface area contributed by atoms with Gasteiger partial charge in [0.05, 0.1) is 11.8 Å². The summed E-state index contributed by atoms with van der Waals surface area (Å²) in [5.41, 5.74) is 0. The summed E-state index contributed by atoms with van der Waals surface area (Å²) in [6.07, 6.45) is 1.51. The van der Waals surface area contributed by atoms with Gasteiger partial charge in [0.15, 0.2) is 0 Å². The molecule has 0 spiro atoms. The molecule has 2 aromatic heterocycles. The zero-order valence-corrected chi connectivity index (χ0v) is 14.2. The molecular weight excluding hydrogens is 330 g/mol. The minimum Gasteiger partial charge on any atom is -0.481 e. The molecule has 3 rings (SSSR count). The molecule has 0 unspecified atom stereocenters. The van der Waals surface area contributed by atoms with E-state index in [0.717, 1.165) is 16.0 Å². The topological polar surface area (TPSA) is 98.7 Å². The van der Waals surface area contributed by atoms with Gasteiger partial charge in [-0.15, -0.1) is 11.3 Å². The van der Waals surface area contributed by atoms with Crippen LogP contribution < -0.4 is 10.2 Å². The van der Waals surface area contributed by atoms with Gasteiger partial charge in [0.1, 0.15) is 17.0 Å². The Hall–Kier alpha value is -2.42. The quantitative estimate of drug-likeness (QED) is 0.863. The molecule has 2 aromatic rings. The first-order valence-electron chi connectivity index (χ1n) is 7.75. The van der Waals surface area contributed by atoms with Crippen molar-refractivity contribution in [3.05, 3.63) is 17.3 Å². The van der Waals surface area contributed by atoms with Crippen LogP contribution in [0.15, 0.2) is 12.4 Å². The Morgan fingerprint density at radius 2 is 2.04 bits per heavy atom. The molecule has 0 aliphatic carbocycles. The highest BCUT2D eigenvalue weighted by atomic mass is 32.1. The fourth-order valence-electron chi connectivity index (χ4n) is 2.73. The van der Waals surface area contributed by atoms with Gasteiger partial charge in [0, 0.05) is 37.6 Å². The average molecular weight is 349 g/mol. The smallest absolute Gasteiger partial charge is 0.317 e. The number of carbonyl (C=O) groups excluding carboxylic acids is 1. The van der Waals surface area contributed by atoms with Crippen molar-refractivity contribution in [1.29, 1.82) is 0 Å². The number of carboxylic acid groups (broad SMARTS) is 1. The zero-order chi connectivity index (χ0) is 17.1. The molecule has 1 saturated heterocycles. The first kappa shape index (κ1) is 16.4. The van der Waals surface area contributed by atoms with Gasteiger partial charge in [-0.3, -0.25) is 4.79 Å². The maximum absolute atomic E-state index is 12.0. The van der Waals surface area contributed by atoms with Gasteiger partial charge in [-0.25, -0.2) is 14.8 Å². The molecule has 128 valence electrons. The minimum atomic E-state index is -0.918. The summed E-state index contributed by atoms with van der Waals surface area (Å²) < 4.78 is 0. The van der Waals surface area contributed by atoms with Gasteiger partial charge in [-0.2, -0.15) is 0 Å². The molecule has 1 fully saturated rings. The Morgan fingerprint density at radius 1 is 1.29 bits per heavy atom. The first-order valence-corrected chi connectivity index (χ1v) is 8.57. The molecule has 9 heteroatoms. The molecule has 1 aliphatic heterocycles. The summed E-state index contributed by atoms with van der Waals surface area (Å²) in [6, 6.07) is 1.88.